The van der Waals surface area contributed by atoms with E-state index in [1.165, 1.54) is 14.0 Å². The first-order chi connectivity index (χ1) is 11.0. The minimum Gasteiger partial charge on any atom is -0.486 e. The van der Waals surface area contributed by atoms with Gasteiger partial charge >= 0.3 is 12.0 Å². The van der Waals surface area contributed by atoms with E-state index in [2.05, 4.69) is 5.32 Å². The number of esters is 1. The van der Waals surface area contributed by atoms with Crippen molar-refractivity contribution < 1.29 is 28.6 Å². The summed E-state index contributed by atoms with van der Waals surface area (Å²) in [6, 6.07) is 4.48. The number of carbonyl (C=O) groups is 3. The highest BCUT2D eigenvalue weighted by Gasteiger charge is 2.20. The summed E-state index contributed by atoms with van der Waals surface area (Å²) in [6.07, 6.45) is -1.09. The van der Waals surface area contributed by atoms with Crippen molar-refractivity contribution in [3.05, 3.63) is 23.8 Å². The van der Waals surface area contributed by atoms with Gasteiger partial charge in [0.15, 0.2) is 17.6 Å². The lowest BCUT2D eigenvalue weighted by atomic mass is 10.1. The van der Waals surface area contributed by atoms with Crippen LogP contribution in [0.5, 0.6) is 11.5 Å². The van der Waals surface area contributed by atoms with Crippen LogP contribution in [0, 0.1) is 0 Å². The molecular weight excluding hydrogens is 304 g/mol. The van der Waals surface area contributed by atoms with Crippen LogP contribution in [-0.2, 0) is 20.7 Å². The fraction of sp³-hybridized carbons (Fsp3) is 0.400. The average Bonchev–Trinajstić information content (AvgIpc) is 2.54. The second-order valence-corrected chi connectivity index (χ2v) is 4.86. The molecule has 2 rings (SSSR count). The summed E-state index contributed by atoms with van der Waals surface area (Å²) < 4.78 is 15.8. The molecule has 0 aromatic heterocycles. The van der Waals surface area contributed by atoms with Crippen molar-refractivity contribution in [2.45, 2.75) is 19.4 Å². The van der Waals surface area contributed by atoms with E-state index in [1.54, 1.807) is 18.2 Å². The van der Waals surface area contributed by atoms with E-state index < -0.39 is 24.0 Å². The number of rotatable bonds is 4. The lowest BCUT2D eigenvalue weighted by Crippen LogP contribution is -2.43. The Bertz CT molecular complexity index is 616. The molecule has 0 unspecified atom stereocenters. The molecule has 2 N–H and O–H groups in total. The number of imide groups is 1. The van der Waals surface area contributed by atoms with Gasteiger partial charge in [-0.1, -0.05) is 6.07 Å². The lowest BCUT2D eigenvalue weighted by Gasteiger charge is -2.19. The molecule has 1 heterocycles. The second-order valence-electron chi connectivity index (χ2n) is 4.86. The van der Waals surface area contributed by atoms with Gasteiger partial charge < -0.3 is 19.5 Å². The van der Waals surface area contributed by atoms with E-state index in [0.29, 0.717) is 30.3 Å². The molecular formula is C15H18N2O6. The molecule has 3 amide bonds. The number of carbonyl (C=O) groups excluding carboxylic acids is 3. The zero-order valence-corrected chi connectivity index (χ0v) is 12.9. The van der Waals surface area contributed by atoms with Crippen LogP contribution in [0.1, 0.15) is 12.5 Å². The Hall–Kier alpha value is -2.77. The van der Waals surface area contributed by atoms with Crippen molar-refractivity contribution >= 4 is 17.9 Å². The van der Waals surface area contributed by atoms with Gasteiger partial charge in [-0.25, -0.2) is 4.79 Å². The molecule has 0 aliphatic carbocycles. The van der Waals surface area contributed by atoms with Gasteiger partial charge in [-0.3, -0.25) is 14.9 Å². The number of ether oxygens (including phenoxy) is 3. The Labute approximate surface area is 133 Å². The van der Waals surface area contributed by atoms with Crippen molar-refractivity contribution in [1.29, 1.82) is 0 Å². The summed E-state index contributed by atoms with van der Waals surface area (Å²) in [4.78, 5) is 34.5. The van der Waals surface area contributed by atoms with E-state index in [0.717, 1.165) is 0 Å². The number of benzene rings is 1. The van der Waals surface area contributed by atoms with Crippen LogP contribution < -0.4 is 20.1 Å². The molecule has 1 aromatic rings. The third-order valence-corrected chi connectivity index (χ3v) is 3.10. The quantitative estimate of drug-likeness (QED) is 0.777. The lowest BCUT2D eigenvalue weighted by molar-refractivity contribution is -0.153. The third-order valence-electron chi connectivity index (χ3n) is 3.10. The standard InChI is InChI=1S/C15H18N2O6/c1-9(14(19)17-15(20)16-2)23-13(18)8-10-3-4-11-12(7-10)22-6-5-21-11/h3-4,7,9H,5-6,8H2,1-2H3,(H2,16,17,19,20)/t9-/m0/s1. The SMILES string of the molecule is CNC(=O)NC(=O)[C@H](C)OC(=O)Cc1ccc2c(c1)OCCO2. The normalized spacial score (nSPS) is 13.7. The predicted octanol–water partition coefficient (Wildman–Crippen LogP) is 0.388. The minimum absolute atomic E-state index is 0.0196. The number of fused-ring (bicyclic) bond motifs is 1. The van der Waals surface area contributed by atoms with Crippen molar-refractivity contribution in [3.8, 4) is 11.5 Å². The van der Waals surface area contributed by atoms with Gasteiger partial charge in [0.2, 0.25) is 0 Å². The Morgan fingerprint density at radius 2 is 1.91 bits per heavy atom. The molecule has 0 saturated carbocycles. The average molecular weight is 322 g/mol. The smallest absolute Gasteiger partial charge is 0.321 e. The maximum Gasteiger partial charge on any atom is 0.321 e. The fourth-order valence-electron chi connectivity index (χ4n) is 1.93. The van der Waals surface area contributed by atoms with Gasteiger partial charge in [-0.2, -0.15) is 0 Å². The highest BCUT2D eigenvalue weighted by atomic mass is 16.6. The van der Waals surface area contributed by atoms with Crippen molar-refractivity contribution in [2.24, 2.45) is 0 Å². The van der Waals surface area contributed by atoms with Gasteiger partial charge in [0, 0.05) is 7.05 Å². The maximum atomic E-state index is 11.9. The van der Waals surface area contributed by atoms with Crippen LogP contribution in [0.25, 0.3) is 0 Å². The van der Waals surface area contributed by atoms with Crippen LogP contribution in [0.3, 0.4) is 0 Å². The number of nitrogens with one attached hydrogen (secondary N) is 2. The van der Waals surface area contributed by atoms with E-state index in [1.807, 2.05) is 5.32 Å². The minimum atomic E-state index is -1.07. The molecule has 0 radical (unpaired) electrons. The van der Waals surface area contributed by atoms with Crippen LogP contribution in [0.2, 0.25) is 0 Å². The Morgan fingerprint density at radius 1 is 1.22 bits per heavy atom. The Morgan fingerprint density at radius 3 is 2.61 bits per heavy atom. The molecule has 0 fully saturated rings. The van der Waals surface area contributed by atoms with Crippen LogP contribution in [0.15, 0.2) is 18.2 Å². The molecule has 1 aromatic carbocycles. The Balaban J connectivity index is 1.89. The van der Waals surface area contributed by atoms with Crippen LogP contribution in [-0.4, -0.2) is 44.3 Å². The molecule has 0 bridgehead atoms. The summed E-state index contributed by atoms with van der Waals surface area (Å²) >= 11 is 0. The highest BCUT2D eigenvalue weighted by Crippen LogP contribution is 2.30. The molecule has 0 saturated heterocycles. The molecule has 8 nitrogen and oxygen atoms in total. The third kappa shape index (κ3) is 4.60. The monoisotopic (exact) mass is 322 g/mol. The molecule has 1 atom stereocenters. The van der Waals surface area contributed by atoms with Gasteiger partial charge in [0.05, 0.1) is 6.42 Å². The number of hydrogen-bond acceptors (Lipinski definition) is 6. The van der Waals surface area contributed by atoms with Gasteiger partial charge in [-0.15, -0.1) is 0 Å². The molecule has 1 aliphatic heterocycles. The highest BCUT2D eigenvalue weighted by molar-refractivity contribution is 5.97. The van der Waals surface area contributed by atoms with E-state index in [-0.39, 0.29) is 6.42 Å². The molecule has 1 aliphatic rings. The summed E-state index contributed by atoms with van der Waals surface area (Å²) in [7, 11) is 1.38. The van der Waals surface area contributed by atoms with Gasteiger partial charge in [0.1, 0.15) is 13.2 Å². The largest absolute Gasteiger partial charge is 0.486 e. The summed E-state index contributed by atoms with van der Waals surface area (Å²) in [5.74, 6) is -0.0697. The van der Waals surface area contributed by atoms with Crippen molar-refractivity contribution in [3.63, 3.8) is 0 Å². The van der Waals surface area contributed by atoms with Gasteiger partial charge in [0.25, 0.3) is 5.91 Å². The molecule has 23 heavy (non-hydrogen) atoms. The summed E-state index contributed by atoms with van der Waals surface area (Å²) in [5, 5.41) is 4.27. The predicted molar refractivity (Wildman–Crippen MR) is 79.3 cm³/mol. The molecule has 8 heteroatoms. The van der Waals surface area contributed by atoms with Crippen LogP contribution in [0.4, 0.5) is 4.79 Å². The number of urea groups is 1. The van der Waals surface area contributed by atoms with E-state index in [9.17, 15) is 14.4 Å². The summed E-state index contributed by atoms with van der Waals surface area (Å²) in [6.45, 7) is 2.34. The second kappa shape index (κ2) is 7.48. The summed E-state index contributed by atoms with van der Waals surface area (Å²) in [5.41, 5.74) is 0.679. The maximum absolute atomic E-state index is 11.9. The van der Waals surface area contributed by atoms with Crippen LogP contribution >= 0.6 is 0 Å². The topological polar surface area (TPSA) is 103 Å². The number of amides is 3. The zero-order valence-electron chi connectivity index (χ0n) is 12.9. The first-order valence-corrected chi connectivity index (χ1v) is 7.10. The van der Waals surface area contributed by atoms with Crippen molar-refractivity contribution in [2.75, 3.05) is 20.3 Å². The fourth-order valence-corrected chi connectivity index (χ4v) is 1.93. The molecule has 0 spiro atoms. The van der Waals surface area contributed by atoms with E-state index >= 15 is 0 Å². The molecule has 124 valence electrons. The first kappa shape index (κ1) is 16.6. The van der Waals surface area contributed by atoms with E-state index in [4.69, 9.17) is 14.2 Å². The Kier molecular flexibility index (Phi) is 5.40. The zero-order chi connectivity index (χ0) is 16.8. The first-order valence-electron chi connectivity index (χ1n) is 7.10. The number of hydrogen-bond donors (Lipinski definition) is 2. The van der Waals surface area contributed by atoms with Crippen molar-refractivity contribution in [1.82, 2.24) is 10.6 Å². The van der Waals surface area contributed by atoms with Gasteiger partial charge in [-0.05, 0) is 24.6 Å².